The topological polar surface area (TPSA) is 120 Å². The summed E-state index contributed by atoms with van der Waals surface area (Å²) in [7, 11) is 0. The molecule has 3 rings (SSSR count). The minimum Gasteiger partial charge on any atom is -0.475 e. The summed E-state index contributed by atoms with van der Waals surface area (Å²) in [4.78, 5) is 22.0. The highest BCUT2D eigenvalue weighted by atomic mass is 16.6. The molecular weight excluding hydrogens is 340 g/mol. The lowest BCUT2D eigenvalue weighted by molar-refractivity contribution is -0.384. The quantitative estimate of drug-likeness (QED) is 0.393. The summed E-state index contributed by atoms with van der Waals surface area (Å²) in [6.45, 7) is 0.449. The molecular formula is C17H14N4O5. The van der Waals surface area contributed by atoms with Gasteiger partial charge in [0.1, 0.15) is 12.3 Å². The highest BCUT2D eigenvalue weighted by Gasteiger charge is 2.09. The lowest BCUT2D eigenvalue weighted by atomic mass is 10.2. The standard InChI is InChI=1S/C17H14N4O5/c22-17(12-3-5-13(6-4-12)21(23)24)18-9-11-26-16-8-7-14(19-20-16)15-2-1-10-25-15/h1-8,10H,9,11H2,(H,18,22). The fourth-order valence-electron chi connectivity index (χ4n) is 2.11. The number of non-ortho nitro benzene ring substituents is 1. The Morgan fingerprint density at radius 3 is 2.58 bits per heavy atom. The fraction of sp³-hybridized carbons (Fsp3) is 0.118. The molecule has 0 unspecified atom stereocenters. The number of furan rings is 1. The molecule has 9 nitrogen and oxygen atoms in total. The number of amides is 1. The molecule has 0 fully saturated rings. The number of nitro benzene ring substituents is 1. The second-order valence-electron chi connectivity index (χ2n) is 5.14. The summed E-state index contributed by atoms with van der Waals surface area (Å²) < 4.78 is 10.6. The first kappa shape index (κ1) is 17.1. The van der Waals surface area contributed by atoms with E-state index in [0.717, 1.165) is 0 Å². The molecule has 2 aromatic heterocycles. The molecule has 0 spiro atoms. The summed E-state index contributed by atoms with van der Waals surface area (Å²) in [6.07, 6.45) is 1.55. The molecule has 0 saturated carbocycles. The van der Waals surface area contributed by atoms with Crippen molar-refractivity contribution in [3.63, 3.8) is 0 Å². The van der Waals surface area contributed by atoms with Crippen LogP contribution in [0.1, 0.15) is 10.4 Å². The Balaban J connectivity index is 1.45. The molecule has 0 saturated heterocycles. The van der Waals surface area contributed by atoms with Crippen LogP contribution in [0, 0.1) is 10.1 Å². The van der Waals surface area contributed by atoms with Crippen molar-refractivity contribution < 1.29 is 18.9 Å². The number of rotatable bonds is 7. The average molecular weight is 354 g/mol. The van der Waals surface area contributed by atoms with Gasteiger partial charge in [-0.05, 0) is 30.3 Å². The number of hydrogen-bond acceptors (Lipinski definition) is 7. The van der Waals surface area contributed by atoms with Crippen LogP contribution in [0.4, 0.5) is 5.69 Å². The number of aromatic nitrogens is 2. The van der Waals surface area contributed by atoms with Crippen LogP contribution in [0.15, 0.2) is 59.2 Å². The van der Waals surface area contributed by atoms with E-state index < -0.39 is 4.92 Å². The lowest BCUT2D eigenvalue weighted by Gasteiger charge is -2.07. The number of nitro groups is 1. The second kappa shape index (κ2) is 7.88. The zero-order valence-electron chi connectivity index (χ0n) is 13.5. The van der Waals surface area contributed by atoms with Gasteiger partial charge < -0.3 is 14.5 Å². The van der Waals surface area contributed by atoms with Crippen molar-refractivity contribution in [1.82, 2.24) is 15.5 Å². The Kier molecular flexibility index (Phi) is 5.18. The van der Waals surface area contributed by atoms with Gasteiger partial charge in [0.05, 0.1) is 17.7 Å². The molecule has 0 aliphatic rings. The molecule has 0 radical (unpaired) electrons. The predicted octanol–water partition coefficient (Wildman–Crippen LogP) is 2.45. The maximum absolute atomic E-state index is 11.9. The van der Waals surface area contributed by atoms with E-state index in [1.54, 1.807) is 30.5 Å². The van der Waals surface area contributed by atoms with Gasteiger partial charge in [0.15, 0.2) is 5.76 Å². The van der Waals surface area contributed by atoms with Gasteiger partial charge in [0.25, 0.3) is 11.6 Å². The smallest absolute Gasteiger partial charge is 0.269 e. The van der Waals surface area contributed by atoms with Crippen molar-refractivity contribution in [3.05, 3.63) is 70.5 Å². The zero-order valence-corrected chi connectivity index (χ0v) is 13.5. The molecule has 0 aliphatic carbocycles. The normalized spacial score (nSPS) is 10.3. The van der Waals surface area contributed by atoms with Gasteiger partial charge in [-0.15, -0.1) is 10.2 Å². The van der Waals surface area contributed by atoms with Gasteiger partial charge in [-0.3, -0.25) is 14.9 Å². The summed E-state index contributed by atoms with van der Waals surface area (Å²) in [5, 5.41) is 21.2. The van der Waals surface area contributed by atoms with Gasteiger partial charge in [0.2, 0.25) is 5.88 Å². The van der Waals surface area contributed by atoms with Crippen molar-refractivity contribution in [2.24, 2.45) is 0 Å². The molecule has 2 heterocycles. The average Bonchev–Trinajstić information content (AvgIpc) is 3.20. The fourth-order valence-corrected chi connectivity index (χ4v) is 2.11. The lowest BCUT2D eigenvalue weighted by Crippen LogP contribution is -2.28. The predicted molar refractivity (Wildman–Crippen MR) is 90.7 cm³/mol. The van der Waals surface area contributed by atoms with Gasteiger partial charge >= 0.3 is 0 Å². The van der Waals surface area contributed by atoms with Crippen LogP contribution < -0.4 is 10.1 Å². The molecule has 1 amide bonds. The first-order valence-corrected chi connectivity index (χ1v) is 7.66. The van der Waals surface area contributed by atoms with E-state index in [0.29, 0.717) is 22.9 Å². The number of carbonyl (C=O) groups excluding carboxylic acids is 1. The van der Waals surface area contributed by atoms with E-state index in [2.05, 4.69) is 15.5 Å². The Morgan fingerprint density at radius 1 is 1.15 bits per heavy atom. The third-order valence-corrected chi connectivity index (χ3v) is 3.39. The van der Waals surface area contributed by atoms with Crippen LogP contribution >= 0.6 is 0 Å². The number of nitrogens with zero attached hydrogens (tertiary/aromatic N) is 3. The van der Waals surface area contributed by atoms with Crippen LogP contribution in [-0.4, -0.2) is 34.2 Å². The minimum absolute atomic E-state index is 0.0681. The molecule has 132 valence electrons. The Hall–Kier alpha value is -3.75. The second-order valence-corrected chi connectivity index (χ2v) is 5.14. The number of ether oxygens (including phenoxy) is 1. The monoisotopic (exact) mass is 354 g/mol. The van der Waals surface area contributed by atoms with Crippen molar-refractivity contribution in [3.8, 4) is 17.3 Å². The Labute approximate surface area is 147 Å². The van der Waals surface area contributed by atoms with Crippen molar-refractivity contribution in [2.45, 2.75) is 0 Å². The van der Waals surface area contributed by atoms with Crippen molar-refractivity contribution >= 4 is 11.6 Å². The first-order valence-electron chi connectivity index (χ1n) is 7.66. The minimum atomic E-state index is -0.520. The maximum atomic E-state index is 11.9. The molecule has 1 N–H and O–H groups in total. The van der Waals surface area contributed by atoms with Crippen LogP contribution in [0.3, 0.4) is 0 Å². The molecule has 0 bridgehead atoms. The summed E-state index contributed by atoms with van der Waals surface area (Å²) >= 11 is 0. The van der Waals surface area contributed by atoms with Crippen LogP contribution in [0.2, 0.25) is 0 Å². The van der Waals surface area contributed by atoms with Crippen LogP contribution in [0.25, 0.3) is 11.5 Å². The molecule has 26 heavy (non-hydrogen) atoms. The highest BCUT2D eigenvalue weighted by molar-refractivity contribution is 5.94. The SMILES string of the molecule is O=C(NCCOc1ccc(-c2ccco2)nn1)c1ccc([N+](=O)[O-])cc1. The number of benzene rings is 1. The first-order chi connectivity index (χ1) is 12.6. The van der Waals surface area contributed by atoms with E-state index >= 15 is 0 Å². The molecule has 0 aliphatic heterocycles. The van der Waals surface area contributed by atoms with E-state index in [1.807, 2.05) is 0 Å². The van der Waals surface area contributed by atoms with Crippen LogP contribution in [-0.2, 0) is 0 Å². The zero-order chi connectivity index (χ0) is 18.4. The molecule has 0 atom stereocenters. The van der Waals surface area contributed by atoms with Crippen molar-refractivity contribution in [1.29, 1.82) is 0 Å². The van der Waals surface area contributed by atoms with Gasteiger partial charge in [0, 0.05) is 23.8 Å². The van der Waals surface area contributed by atoms with Gasteiger partial charge in [-0.2, -0.15) is 0 Å². The van der Waals surface area contributed by atoms with Crippen molar-refractivity contribution in [2.75, 3.05) is 13.2 Å². The number of carbonyl (C=O) groups is 1. The summed E-state index contributed by atoms with van der Waals surface area (Å²) in [6, 6.07) is 12.3. The highest BCUT2D eigenvalue weighted by Crippen LogP contribution is 2.17. The van der Waals surface area contributed by atoms with Gasteiger partial charge in [-0.1, -0.05) is 0 Å². The Bertz CT molecular complexity index is 877. The third kappa shape index (κ3) is 4.20. The summed E-state index contributed by atoms with van der Waals surface area (Å²) in [5.41, 5.74) is 0.855. The Morgan fingerprint density at radius 2 is 1.96 bits per heavy atom. The van der Waals surface area contributed by atoms with E-state index in [1.165, 1.54) is 24.3 Å². The maximum Gasteiger partial charge on any atom is 0.269 e. The van der Waals surface area contributed by atoms with Crippen LogP contribution in [0.5, 0.6) is 5.88 Å². The molecule has 3 aromatic rings. The molecule has 9 heteroatoms. The summed E-state index contributed by atoms with van der Waals surface area (Å²) in [5.74, 6) is 0.590. The van der Waals surface area contributed by atoms with E-state index in [9.17, 15) is 14.9 Å². The largest absolute Gasteiger partial charge is 0.475 e. The van der Waals surface area contributed by atoms with E-state index in [4.69, 9.17) is 9.15 Å². The van der Waals surface area contributed by atoms with E-state index in [-0.39, 0.29) is 24.7 Å². The van der Waals surface area contributed by atoms with Gasteiger partial charge in [-0.25, -0.2) is 0 Å². The molecule has 1 aromatic carbocycles. The third-order valence-electron chi connectivity index (χ3n) is 3.39. The number of nitrogens with one attached hydrogen (secondary N) is 1. The number of hydrogen-bond donors (Lipinski definition) is 1.